The SMILES string of the molecule is O=C(NCCC(=O)N1CCCC1)c1cc(Cl)c2c(c1)OCO2. The average molecular weight is 325 g/mol. The first kappa shape index (κ1) is 15.0. The number of amides is 2. The highest BCUT2D eigenvalue weighted by molar-refractivity contribution is 6.32. The van der Waals surface area contributed by atoms with E-state index in [2.05, 4.69) is 5.32 Å². The number of halogens is 1. The highest BCUT2D eigenvalue weighted by Crippen LogP contribution is 2.39. The van der Waals surface area contributed by atoms with Crippen molar-refractivity contribution >= 4 is 23.4 Å². The third-order valence-corrected chi connectivity index (χ3v) is 4.05. The normalized spacial score (nSPS) is 16.0. The first-order chi connectivity index (χ1) is 10.6. The minimum Gasteiger partial charge on any atom is -0.454 e. The smallest absolute Gasteiger partial charge is 0.251 e. The number of ether oxygens (including phenoxy) is 2. The van der Waals surface area contributed by atoms with Crippen molar-refractivity contribution in [2.75, 3.05) is 26.4 Å². The van der Waals surface area contributed by atoms with Crippen LogP contribution in [-0.2, 0) is 4.79 Å². The molecule has 0 radical (unpaired) electrons. The molecule has 6 nitrogen and oxygen atoms in total. The number of nitrogens with one attached hydrogen (secondary N) is 1. The van der Waals surface area contributed by atoms with Crippen molar-refractivity contribution in [2.45, 2.75) is 19.3 Å². The molecule has 0 bridgehead atoms. The highest BCUT2D eigenvalue weighted by Gasteiger charge is 2.21. The van der Waals surface area contributed by atoms with Gasteiger partial charge in [-0.05, 0) is 25.0 Å². The molecule has 2 heterocycles. The number of benzene rings is 1. The molecule has 22 heavy (non-hydrogen) atoms. The van der Waals surface area contributed by atoms with Crippen LogP contribution >= 0.6 is 11.6 Å². The van der Waals surface area contributed by atoms with Crippen molar-refractivity contribution in [1.82, 2.24) is 10.2 Å². The van der Waals surface area contributed by atoms with Crippen LogP contribution in [-0.4, -0.2) is 43.1 Å². The van der Waals surface area contributed by atoms with Gasteiger partial charge < -0.3 is 19.7 Å². The summed E-state index contributed by atoms with van der Waals surface area (Å²) in [6, 6.07) is 3.12. The van der Waals surface area contributed by atoms with Gasteiger partial charge in [-0.3, -0.25) is 9.59 Å². The van der Waals surface area contributed by atoms with Gasteiger partial charge in [0.05, 0.1) is 5.02 Å². The predicted molar refractivity (Wildman–Crippen MR) is 80.3 cm³/mol. The summed E-state index contributed by atoms with van der Waals surface area (Å²) in [5, 5.41) is 3.07. The Morgan fingerprint density at radius 1 is 1.23 bits per heavy atom. The molecule has 0 atom stereocenters. The Hall–Kier alpha value is -1.95. The number of carbonyl (C=O) groups excluding carboxylic acids is 2. The standard InChI is InChI=1S/C15H17ClN2O4/c16-11-7-10(8-12-14(11)22-9-21-12)15(20)17-4-3-13(19)18-5-1-2-6-18/h7-8H,1-6,9H2,(H,17,20). The number of rotatable bonds is 4. The molecule has 0 aromatic heterocycles. The van der Waals surface area contributed by atoms with Crippen LogP contribution in [0.4, 0.5) is 0 Å². The molecule has 1 fully saturated rings. The van der Waals surface area contributed by atoms with Crippen LogP contribution in [0.5, 0.6) is 11.5 Å². The molecule has 3 rings (SSSR count). The first-order valence-electron chi connectivity index (χ1n) is 7.30. The lowest BCUT2D eigenvalue weighted by Crippen LogP contribution is -2.32. The summed E-state index contributed by atoms with van der Waals surface area (Å²) in [7, 11) is 0. The monoisotopic (exact) mass is 324 g/mol. The Balaban J connectivity index is 1.54. The van der Waals surface area contributed by atoms with Gasteiger partial charge in [0, 0.05) is 31.6 Å². The summed E-state index contributed by atoms with van der Waals surface area (Å²) < 4.78 is 10.4. The van der Waals surface area contributed by atoms with Gasteiger partial charge in [-0.15, -0.1) is 0 Å². The van der Waals surface area contributed by atoms with E-state index in [0.717, 1.165) is 25.9 Å². The number of carbonyl (C=O) groups is 2. The zero-order valence-electron chi connectivity index (χ0n) is 12.1. The number of likely N-dealkylation sites (tertiary alicyclic amines) is 1. The second-order valence-electron chi connectivity index (χ2n) is 5.29. The quantitative estimate of drug-likeness (QED) is 0.917. The summed E-state index contributed by atoms with van der Waals surface area (Å²) in [6.07, 6.45) is 2.44. The van der Waals surface area contributed by atoms with Crippen molar-refractivity contribution in [1.29, 1.82) is 0 Å². The molecule has 1 N–H and O–H groups in total. The van der Waals surface area contributed by atoms with Gasteiger partial charge in [-0.1, -0.05) is 11.6 Å². The summed E-state index contributed by atoms with van der Waals surface area (Å²) in [6.45, 7) is 2.06. The lowest BCUT2D eigenvalue weighted by Gasteiger charge is -2.15. The summed E-state index contributed by atoms with van der Waals surface area (Å²) in [4.78, 5) is 25.8. The summed E-state index contributed by atoms with van der Waals surface area (Å²) in [5.74, 6) is 0.726. The van der Waals surface area contributed by atoms with E-state index in [1.165, 1.54) is 6.07 Å². The van der Waals surface area contributed by atoms with E-state index >= 15 is 0 Å². The molecule has 0 spiro atoms. The predicted octanol–water partition coefficient (Wildman–Crippen LogP) is 1.81. The maximum Gasteiger partial charge on any atom is 0.251 e. The molecule has 118 valence electrons. The van der Waals surface area contributed by atoms with Crippen LogP contribution in [0, 0.1) is 0 Å². The van der Waals surface area contributed by atoms with Crippen molar-refractivity contribution < 1.29 is 19.1 Å². The molecule has 1 aromatic carbocycles. The zero-order valence-corrected chi connectivity index (χ0v) is 12.8. The van der Waals surface area contributed by atoms with E-state index in [9.17, 15) is 9.59 Å². The van der Waals surface area contributed by atoms with Crippen molar-refractivity contribution in [3.63, 3.8) is 0 Å². The third kappa shape index (κ3) is 3.11. The topological polar surface area (TPSA) is 67.9 Å². The van der Waals surface area contributed by atoms with Crippen LogP contribution in [0.2, 0.25) is 5.02 Å². The number of fused-ring (bicyclic) bond motifs is 1. The van der Waals surface area contributed by atoms with E-state index < -0.39 is 0 Å². The second kappa shape index (κ2) is 6.44. The first-order valence-corrected chi connectivity index (χ1v) is 7.68. The maximum absolute atomic E-state index is 12.1. The molecule has 1 aromatic rings. The van der Waals surface area contributed by atoms with Gasteiger partial charge in [0.1, 0.15) is 0 Å². The lowest BCUT2D eigenvalue weighted by atomic mass is 10.2. The Kier molecular flexibility index (Phi) is 4.38. The van der Waals surface area contributed by atoms with E-state index in [0.29, 0.717) is 35.1 Å². The van der Waals surface area contributed by atoms with Crippen LogP contribution < -0.4 is 14.8 Å². The van der Waals surface area contributed by atoms with Gasteiger partial charge in [0.2, 0.25) is 12.7 Å². The molecule has 2 aliphatic rings. The number of nitrogens with zero attached hydrogens (tertiary/aromatic N) is 1. The molecular formula is C15H17ClN2O4. The fourth-order valence-corrected chi connectivity index (χ4v) is 2.87. The van der Waals surface area contributed by atoms with Crippen LogP contribution in [0.25, 0.3) is 0 Å². The molecule has 2 aliphatic heterocycles. The Labute approximate surface area is 133 Å². The fourth-order valence-electron chi connectivity index (χ4n) is 2.61. The Morgan fingerprint density at radius 2 is 2.00 bits per heavy atom. The van der Waals surface area contributed by atoms with E-state index in [4.69, 9.17) is 21.1 Å². The minimum atomic E-state index is -0.283. The van der Waals surface area contributed by atoms with Crippen molar-refractivity contribution in [2.24, 2.45) is 0 Å². The molecule has 7 heteroatoms. The molecule has 0 aliphatic carbocycles. The van der Waals surface area contributed by atoms with Gasteiger partial charge in [0.25, 0.3) is 5.91 Å². The molecule has 2 amide bonds. The minimum absolute atomic E-state index is 0.0847. The fraction of sp³-hybridized carbons (Fsp3) is 0.467. The molecule has 1 saturated heterocycles. The molecule has 0 saturated carbocycles. The number of hydrogen-bond donors (Lipinski definition) is 1. The average Bonchev–Trinajstić information content (AvgIpc) is 3.18. The molecule has 0 unspecified atom stereocenters. The zero-order chi connectivity index (χ0) is 15.5. The largest absolute Gasteiger partial charge is 0.454 e. The van der Waals surface area contributed by atoms with E-state index in [-0.39, 0.29) is 18.6 Å². The Bertz CT molecular complexity index is 599. The molecular weight excluding hydrogens is 308 g/mol. The lowest BCUT2D eigenvalue weighted by molar-refractivity contribution is -0.129. The van der Waals surface area contributed by atoms with Crippen LogP contribution in [0.1, 0.15) is 29.6 Å². The van der Waals surface area contributed by atoms with Gasteiger partial charge in [0.15, 0.2) is 11.5 Å². The third-order valence-electron chi connectivity index (χ3n) is 3.77. The van der Waals surface area contributed by atoms with Gasteiger partial charge in [-0.2, -0.15) is 0 Å². The van der Waals surface area contributed by atoms with E-state index in [1.807, 2.05) is 4.90 Å². The summed E-state index contributed by atoms with van der Waals surface area (Å²) in [5.41, 5.74) is 0.392. The van der Waals surface area contributed by atoms with E-state index in [1.54, 1.807) is 6.07 Å². The maximum atomic E-state index is 12.1. The van der Waals surface area contributed by atoms with Crippen molar-refractivity contribution in [3.05, 3.63) is 22.7 Å². The number of hydrogen-bond acceptors (Lipinski definition) is 4. The van der Waals surface area contributed by atoms with Crippen LogP contribution in [0.3, 0.4) is 0 Å². The van der Waals surface area contributed by atoms with Gasteiger partial charge >= 0.3 is 0 Å². The second-order valence-corrected chi connectivity index (χ2v) is 5.69. The Morgan fingerprint density at radius 3 is 2.77 bits per heavy atom. The van der Waals surface area contributed by atoms with Gasteiger partial charge in [-0.25, -0.2) is 0 Å². The highest BCUT2D eigenvalue weighted by atomic mass is 35.5. The van der Waals surface area contributed by atoms with Crippen LogP contribution in [0.15, 0.2) is 12.1 Å². The van der Waals surface area contributed by atoms with Crippen molar-refractivity contribution in [3.8, 4) is 11.5 Å². The summed E-state index contributed by atoms with van der Waals surface area (Å²) >= 11 is 6.04.